The number of benzene rings is 1. The first-order valence-corrected chi connectivity index (χ1v) is 7.52. The van der Waals surface area contributed by atoms with Gasteiger partial charge in [-0.25, -0.2) is 4.98 Å². The van der Waals surface area contributed by atoms with Crippen LogP contribution in [0.1, 0.15) is 6.92 Å². The number of nitrogens with zero attached hydrogens (tertiary/aromatic N) is 2. The van der Waals surface area contributed by atoms with Gasteiger partial charge in [-0.3, -0.25) is 4.79 Å². The molecule has 2 aromatic rings. The number of anilines is 1. The Morgan fingerprint density at radius 1 is 1.35 bits per heavy atom. The second-order valence-corrected chi connectivity index (χ2v) is 6.04. The van der Waals surface area contributed by atoms with E-state index in [1.54, 1.807) is 11.3 Å². The zero-order valence-corrected chi connectivity index (χ0v) is 12.0. The minimum atomic E-state index is -0.708. The van der Waals surface area contributed by atoms with Gasteiger partial charge < -0.3 is 10.0 Å². The molecule has 0 amide bonds. The number of thiazole rings is 1. The normalized spacial score (nSPS) is 22.1. The molecule has 5 heteroatoms. The number of aliphatic carboxylic acids is 1. The first-order valence-electron chi connectivity index (χ1n) is 6.64. The molecule has 1 fully saturated rings. The average Bonchev–Trinajstić information content (AvgIpc) is 3.06. The van der Waals surface area contributed by atoms with Crippen molar-refractivity contribution in [1.29, 1.82) is 0 Å². The van der Waals surface area contributed by atoms with E-state index in [9.17, 15) is 9.90 Å². The highest BCUT2D eigenvalue weighted by atomic mass is 32.1. The Hall–Kier alpha value is -1.88. The molecule has 0 unspecified atom stereocenters. The standard InChI is InChI=1S/C15H16N2O2S/c1-10-7-17(8-12(10)14(18)19)15-16-13(9-20-15)11-5-3-2-4-6-11/h2-6,9-10,12H,7-8H2,1H3,(H,18,19)/t10-,12-/m1/s1. The largest absolute Gasteiger partial charge is 0.481 e. The second kappa shape index (κ2) is 5.25. The van der Waals surface area contributed by atoms with Crippen molar-refractivity contribution >= 4 is 22.4 Å². The van der Waals surface area contributed by atoms with Crippen LogP contribution in [0.5, 0.6) is 0 Å². The number of hydrogen-bond donors (Lipinski definition) is 1. The Bertz CT molecular complexity index is 611. The Morgan fingerprint density at radius 3 is 2.75 bits per heavy atom. The van der Waals surface area contributed by atoms with Crippen LogP contribution in [-0.2, 0) is 4.79 Å². The van der Waals surface area contributed by atoms with Crippen molar-refractivity contribution in [3.63, 3.8) is 0 Å². The van der Waals surface area contributed by atoms with Gasteiger partial charge in [0.25, 0.3) is 0 Å². The molecule has 0 spiro atoms. The maximum Gasteiger partial charge on any atom is 0.308 e. The van der Waals surface area contributed by atoms with Gasteiger partial charge in [0.15, 0.2) is 5.13 Å². The molecule has 1 aromatic carbocycles. The molecule has 2 atom stereocenters. The maximum absolute atomic E-state index is 11.2. The van der Waals surface area contributed by atoms with Crippen molar-refractivity contribution in [2.45, 2.75) is 6.92 Å². The van der Waals surface area contributed by atoms with E-state index in [4.69, 9.17) is 0 Å². The van der Waals surface area contributed by atoms with Crippen LogP contribution in [0, 0.1) is 11.8 Å². The summed E-state index contributed by atoms with van der Waals surface area (Å²) in [5.74, 6) is -0.838. The number of aromatic nitrogens is 1. The topological polar surface area (TPSA) is 53.4 Å². The number of carbonyl (C=O) groups is 1. The minimum Gasteiger partial charge on any atom is -0.481 e. The number of carboxylic acids is 1. The van der Waals surface area contributed by atoms with Gasteiger partial charge in [0, 0.05) is 24.0 Å². The zero-order valence-electron chi connectivity index (χ0n) is 11.2. The summed E-state index contributed by atoms with van der Waals surface area (Å²) in [6.07, 6.45) is 0. The Labute approximate surface area is 121 Å². The van der Waals surface area contributed by atoms with Gasteiger partial charge >= 0.3 is 5.97 Å². The Kier molecular flexibility index (Phi) is 3.44. The lowest BCUT2D eigenvalue weighted by atomic mass is 9.99. The summed E-state index contributed by atoms with van der Waals surface area (Å²) in [6.45, 7) is 3.31. The fourth-order valence-electron chi connectivity index (χ4n) is 2.60. The molecule has 1 N–H and O–H groups in total. The lowest BCUT2D eigenvalue weighted by molar-refractivity contribution is -0.142. The quantitative estimate of drug-likeness (QED) is 0.943. The fraction of sp³-hybridized carbons (Fsp3) is 0.333. The second-order valence-electron chi connectivity index (χ2n) is 5.21. The van der Waals surface area contributed by atoms with Crippen LogP contribution in [0.3, 0.4) is 0 Å². The predicted molar refractivity (Wildman–Crippen MR) is 80.1 cm³/mol. The summed E-state index contributed by atoms with van der Waals surface area (Å²) >= 11 is 1.58. The van der Waals surface area contributed by atoms with Crippen molar-refractivity contribution in [3.05, 3.63) is 35.7 Å². The van der Waals surface area contributed by atoms with Crippen LogP contribution in [0.2, 0.25) is 0 Å². The molecule has 2 heterocycles. The highest BCUT2D eigenvalue weighted by Crippen LogP contribution is 2.32. The van der Waals surface area contributed by atoms with Crippen molar-refractivity contribution in [2.24, 2.45) is 11.8 Å². The molecule has 4 nitrogen and oxygen atoms in total. The lowest BCUT2D eigenvalue weighted by Crippen LogP contribution is -2.22. The molecule has 1 aliphatic rings. The predicted octanol–water partition coefficient (Wildman–Crippen LogP) is 2.97. The van der Waals surface area contributed by atoms with Gasteiger partial charge in [0.1, 0.15) is 0 Å². The maximum atomic E-state index is 11.2. The average molecular weight is 288 g/mol. The van der Waals surface area contributed by atoms with Gasteiger partial charge in [0.05, 0.1) is 11.6 Å². The van der Waals surface area contributed by atoms with Gasteiger partial charge in [-0.05, 0) is 5.92 Å². The fourth-order valence-corrected chi connectivity index (χ4v) is 3.45. The van der Waals surface area contributed by atoms with Gasteiger partial charge in [0.2, 0.25) is 0 Å². The Balaban J connectivity index is 1.80. The lowest BCUT2D eigenvalue weighted by Gasteiger charge is -2.13. The smallest absolute Gasteiger partial charge is 0.308 e. The van der Waals surface area contributed by atoms with E-state index in [-0.39, 0.29) is 11.8 Å². The first kappa shape index (κ1) is 13.1. The van der Waals surface area contributed by atoms with Gasteiger partial charge in [-0.15, -0.1) is 11.3 Å². The van der Waals surface area contributed by atoms with E-state index in [2.05, 4.69) is 9.88 Å². The van der Waals surface area contributed by atoms with E-state index < -0.39 is 5.97 Å². The van der Waals surface area contributed by atoms with Crippen molar-refractivity contribution in [3.8, 4) is 11.3 Å². The molecule has 1 saturated heterocycles. The van der Waals surface area contributed by atoms with E-state index in [0.29, 0.717) is 6.54 Å². The van der Waals surface area contributed by atoms with Crippen LogP contribution >= 0.6 is 11.3 Å². The highest BCUT2D eigenvalue weighted by molar-refractivity contribution is 7.14. The third kappa shape index (κ3) is 2.41. The summed E-state index contributed by atoms with van der Waals surface area (Å²) in [5, 5.41) is 12.1. The van der Waals surface area contributed by atoms with Gasteiger partial charge in [-0.2, -0.15) is 0 Å². The van der Waals surface area contributed by atoms with Crippen molar-refractivity contribution in [1.82, 2.24) is 4.98 Å². The van der Waals surface area contributed by atoms with Crippen LogP contribution in [0.4, 0.5) is 5.13 Å². The van der Waals surface area contributed by atoms with E-state index in [0.717, 1.165) is 22.9 Å². The van der Waals surface area contributed by atoms with E-state index >= 15 is 0 Å². The molecule has 1 aliphatic heterocycles. The van der Waals surface area contributed by atoms with E-state index in [1.807, 2.05) is 42.6 Å². The molecule has 3 rings (SSSR count). The number of carboxylic acid groups (broad SMARTS) is 1. The summed E-state index contributed by atoms with van der Waals surface area (Å²) < 4.78 is 0. The molecular weight excluding hydrogens is 272 g/mol. The third-order valence-electron chi connectivity index (χ3n) is 3.76. The number of rotatable bonds is 3. The summed E-state index contributed by atoms with van der Waals surface area (Å²) in [4.78, 5) is 17.9. The highest BCUT2D eigenvalue weighted by Gasteiger charge is 2.35. The van der Waals surface area contributed by atoms with Crippen LogP contribution < -0.4 is 4.90 Å². The zero-order chi connectivity index (χ0) is 14.1. The van der Waals surface area contributed by atoms with Crippen molar-refractivity contribution < 1.29 is 9.90 Å². The summed E-state index contributed by atoms with van der Waals surface area (Å²) in [5.41, 5.74) is 2.05. The monoisotopic (exact) mass is 288 g/mol. The third-order valence-corrected chi connectivity index (χ3v) is 4.66. The summed E-state index contributed by atoms with van der Waals surface area (Å²) in [7, 11) is 0. The number of hydrogen-bond acceptors (Lipinski definition) is 4. The molecule has 0 saturated carbocycles. The van der Waals surface area contributed by atoms with Crippen LogP contribution in [0.15, 0.2) is 35.7 Å². The minimum absolute atomic E-state index is 0.163. The molecule has 104 valence electrons. The van der Waals surface area contributed by atoms with Crippen molar-refractivity contribution in [2.75, 3.05) is 18.0 Å². The van der Waals surface area contributed by atoms with Crippen LogP contribution in [0.25, 0.3) is 11.3 Å². The summed E-state index contributed by atoms with van der Waals surface area (Å²) in [6, 6.07) is 10.0. The Morgan fingerprint density at radius 2 is 2.10 bits per heavy atom. The van der Waals surface area contributed by atoms with Crippen LogP contribution in [-0.4, -0.2) is 29.1 Å². The molecule has 0 radical (unpaired) electrons. The molecule has 0 bridgehead atoms. The first-order chi connectivity index (χ1) is 9.65. The molecular formula is C15H16N2O2S. The SMILES string of the molecule is C[C@@H]1CN(c2nc(-c3ccccc3)cs2)C[C@H]1C(=O)O. The molecule has 0 aliphatic carbocycles. The van der Waals surface area contributed by atoms with E-state index in [1.165, 1.54) is 0 Å². The molecule has 1 aromatic heterocycles. The molecule has 20 heavy (non-hydrogen) atoms. The van der Waals surface area contributed by atoms with Gasteiger partial charge in [-0.1, -0.05) is 37.3 Å².